The number of carbonyl (C=O) groups excluding carboxylic acids is 1. The zero-order valence-corrected chi connectivity index (χ0v) is 20.5. The van der Waals surface area contributed by atoms with Crippen molar-refractivity contribution < 1.29 is 19.4 Å². The standard InChI is InChI=1S/C28H24ClN3O5/c29-21-12-9-19(10-13-21)18-7-5-17(6-8-18)16-37-28(36)23-14-11-20(25(23)27(34)35)15-32-26(33)22-3-1-2-4-24(22)30-31-32/h1-10,12-13,20,23,25H,11,14-16H2,(H,34,35)/t20-,23-,25+/m0/s1. The molecule has 3 aromatic carbocycles. The zero-order chi connectivity index (χ0) is 25.9. The molecule has 1 heterocycles. The van der Waals surface area contributed by atoms with Crippen LogP contribution in [0.3, 0.4) is 0 Å². The Balaban J connectivity index is 1.24. The number of ether oxygens (including phenoxy) is 1. The quantitative estimate of drug-likeness (QED) is 0.357. The van der Waals surface area contributed by atoms with Gasteiger partial charge < -0.3 is 9.84 Å². The van der Waals surface area contributed by atoms with Crippen LogP contribution in [0.15, 0.2) is 77.6 Å². The molecule has 0 radical (unpaired) electrons. The molecule has 0 bridgehead atoms. The predicted molar refractivity (Wildman–Crippen MR) is 138 cm³/mol. The fourth-order valence-corrected chi connectivity index (χ4v) is 5.11. The number of hydrogen-bond acceptors (Lipinski definition) is 6. The third kappa shape index (κ3) is 5.24. The van der Waals surface area contributed by atoms with Gasteiger partial charge in [-0.1, -0.05) is 65.3 Å². The first-order valence-electron chi connectivity index (χ1n) is 12.0. The topological polar surface area (TPSA) is 111 Å². The fraction of sp³-hybridized carbons (Fsp3) is 0.250. The van der Waals surface area contributed by atoms with E-state index in [-0.39, 0.29) is 18.7 Å². The summed E-state index contributed by atoms with van der Waals surface area (Å²) in [7, 11) is 0. The fourth-order valence-electron chi connectivity index (χ4n) is 4.99. The van der Waals surface area contributed by atoms with Crippen LogP contribution in [0.5, 0.6) is 0 Å². The Bertz CT molecular complexity index is 1500. The van der Waals surface area contributed by atoms with E-state index in [4.69, 9.17) is 16.3 Å². The van der Waals surface area contributed by atoms with Crippen molar-refractivity contribution in [2.45, 2.75) is 26.0 Å². The van der Waals surface area contributed by atoms with E-state index in [1.165, 1.54) is 4.68 Å². The molecule has 0 unspecified atom stereocenters. The summed E-state index contributed by atoms with van der Waals surface area (Å²) in [6.45, 7) is 0.117. The third-order valence-electron chi connectivity index (χ3n) is 6.93. The Hall–Kier alpha value is -4.04. The van der Waals surface area contributed by atoms with Crippen LogP contribution in [-0.4, -0.2) is 32.0 Å². The molecule has 1 aliphatic carbocycles. The first-order valence-corrected chi connectivity index (χ1v) is 12.4. The van der Waals surface area contributed by atoms with Gasteiger partial charge in [0.15, 0.2) is 0 Å². The minimum Gasteiger partial charge on any atom is -0.481 e. The van der Waals surface area contributed by atoms with E-state index in [1.54, 1.807) is 24.3 Å². The minimum absolute atomic E-state index is 0.0445. The average Bonchev–Trinajstić information content (AvgIpc) is 3.34. The molecule has 1 N–H and O–H groups in total. The summed E-state index contributed by atoms with van der Waals surface area (Å²) in [5.41, 5.74) is 2.97. The summed E-state index contributed by atoms with van der Waals surface area (Å²) < 4.78 is 6.71. The maximum Gasteiger partial charge on any atom is 0.310 e. The van der Waals surface area contributed by atoms with Crippen LogP contribution in [0.25, 0.3) is 22.0 Å². The van der Waals surface area contributed by atoms with Crippen LogP contribution in [0, 0.1) is 17.8 Å². The van der Waals surface area contributed by atoms with Crippen molar-refractivity contribution in [3.63, 3.8) is 0 Å². The van der Waals surface area contributed by atoms with Crippen LogP contribution in [0.2, 0.25) is 5.02 Å². The molecule has 188 valence electrons. The number of nitrogens with zero attached hydrogens (tertiary/aromatic N) is 3. The smallest absolute Gasteiger partial charge is 0.310 e. The van der Waals surface area contributed by atoms with E-state index in [0.717, 1.165) is 16.7 Å². The molecule has 4 aromatic rings. The number of hydrogen-bond donors (Lipinski definition) is 1. The molecular formula is C28H24ClN3O5. The summed E-state index contributed by atoms with van der Waals surface area (Å²) in [6.07, 6.45) is 0.833. The SMILES string of the molecule is O=C(O)[C@@H]1[C@H](Cn2nnc3ccccc3c2=O)CC[C@@H]1C(=O)OCc1ccc(-c2ccc(Cl)cc2)cc1. The Morgan fingerprint density at radius 2 is 1.65 bits per heavy atom. The molecule has 0 saturated heterocycles. The lowest BCUT2D eigenvalue weighted by molar-refractivity contribution is -0.158. The van der Waals surface area contributed by atoms with Crippen molar-refractivity contribution in [2.24, 2.45) is 17.8 Å². The van der Waals surface area contributed by atoms with Gasteiger partial charge in [-0.25, -0.2) is 4.68 Å². The van der Waals surface area contributed by atoms with Gasteiger partial charge in [-0.05, 0) is 59.7 Å². The van der Waals surface area contributed by atoms with E-state index >= 15 is 0 Å². The van der Waals surface area contributed by atoms with E-state index in [9.17, 15) is 19.5 Å². The second kappa shape index (κ2) is 10.5. The number of benzene rings is 3. The zero-order valence-electron chi connectivity index (χ0n) is 19.8. The maximum atomic E-state index is 12.9. The molecular weight excluding hydrogens is 494 g/mol. The molecule has 1 fully saturated rings. The number of aromatic nitrogens is 3. The first kappa shape index (κ1) is 24.6. The molecule has 37 heavy (non-hydrogen) atoms. The van der Waals surface area contributed by atoms with Crippen molar-refractivity contribution in [3.8, 4) is 11.1 Å². The number of carboxylic acid groups (broad SMARTS) is 1. The highest BCUT2D eigenvalue weighted by Crippen LogP contribution is 2.39. The number of halogens is 1. The predicted octanol–water partition coefficient (Wildman–Crippen LogP) is 4.58. The van der Waals surface area contributed by atoms with Crippen LogP contribution >= 0.6 is 11.6 Å². The van der Waals surface area contributed by atoms with E-state index in [0.29, 0.717) is 28.8 Å². The lowest BCUT2D eigenvalue weighted by atomic mass is 9.89. The van der Waals surface area contributed by atoms with E-state index in [1.807, 2.05) is 48.5 Å². The van der Waals surface area contributed by atoms with Crippen molar-refractivity contribution in [1.82, 2.24) is 15.0 Å². The van der Waals surface area contributed by atoms with Crippen LogP contribution in [0.4, 0.5) is 0 Å². The monoisotopic (exact) mass is 517 g/mol. The molecule has 9 heteroatoms. The maximum absolute atomic E-state index is 12.9. The van der Waals surface area contributed by atoms with Crippen molar-refractivity contribution in [2.75, 3.05) is 0 Å². The Morgan fingerprint density at radius 1 is 0.973 bits per heavy atom. The molecule has 3 atom stereocenters. The highest BCUT2D eigenvalue weighted by molar-refractivity contribution is 6.30. The van der Waals surface area contributed by atoms with Crippen molar-refractivity contribution >= 4 is 34.4 Å². The number of carboxylic acids is 1. The third-order valence-corrected chi connectivity index (χ3v) is 7.18. The van der Waals surface area contributed by atoms with Crippen molar-refractivity contribution in [1.29, 1.82) is 0 Å². The number of rotatable bonds is 7. The molecule has 1 saturated carbocycles. The van der Waals surface area contributed by atoms with Gasteiger partial charge in [-0.15, -0.1) is 5.10 Å². The van der Waals surface area contributed by atoms with E-state index < -0.39 is 29.7 Å². The minimum atomic E-state index is -1.08. The number of esters is 1. The Labute approximate surface area is 217 Å². The molecule has 0 amide bonds. The Morgan fingerprint density at radius 3 is 2.35 bits per heavy atom. The second-order valence-electron chi connectivity index (χ2n) is 9.21. The largest absolute Gasteiger partial charge is 0.481 e. The molecule has 0 spiro atoms. The van der Waals surface area contributed by atoms with Gasteiger partial charge in [0.1, 0.15) is 12.1 Å². The summed E-state index contributed by atoms with van der Waals surface area (Å²) in [4.78, 5) is 37.9. The van der Waals surface area contributed by atoms with Gasteiger partial charge in [0.2, 0.25) is 0 Å². The normalized spacial score (nSPS) is 19.1. The van der Waals surface area contributed by atoms with Gasteiger partial charge in [0.25, 0.3) is 5.56 Å². The number of aliphatic carboxylic acids is 1. The summed E-state index contributed by atoms with van der Waals surface area (Å²) in [5.74, 6) is -3.84. The van der Waals surface area contributed by atoms with Gasteiger partial charge >= 0.3 is 11.9 Å². The molecule has 8 nitrogen and oxygen atoms in total. The highest BCUT2D eigenvalue weighted by atomic mass is 35.5. The second-order valence-corrected chi connectivity index (χ2v) is 9.65. The van der Waals surface area contributed by atoms with E-state index in [2.05, 4.69) is 10.3 Å². The van der Waals surface area contributed by atoms with Crippen molar-refractivity contribution in [3.05, 3.63) is 93.7 Å². The van der Waals surface area contributed by atoms with Crippen LogP contribution in [-0.2, 0) is 27.5 Å². The van der Waals surface area contributed by atoms with Gasteiger partial charge in [0.05, 0.1) is 23.8 Å². The number of carbonyl (C=O) groups is 2. The molecule has 1 aromatic heterocycles. The first-order chi connectivity index (χ1) is 17.9. The molecule has 1 aliphatic rings. The highest BCUT2D eigenvalue weighted by Gasteiger charge is 2.46. The van der Waals surface area contributed by atoms with Gasteiger partial charge in [0, 0.05) is 5.02 Å². The van der Waals surface area contributed by atoms with Gasteiger partial charge in [-0.3, -0.25) is 14.4 Å². The number of fused-ring (bicyclic) bond motifs is 1. The average molecular weight is 518 g/mol. The summed E-state index contributed by atoms with van der Waals surface area (Å²) >= 11 is 5.95. The summed E-state index contributed by atoms with van der Waals surface area (Å²) in [5, 5.41) is 19.1. The molecule has 5 rings (SSSR count). The lowest BCUT2D eigenvalue weighted by Gasteiger charge is -2.20. The van der Waals surface area contributed by atoms with Crippen LogP contribution < -0.4 is 5.56 Å². The molecule has 0 aliphatic heterocycles. The summed E-state index contributed by atoms with van der Waals surface area (Å²) in [6, 6.07) is 22.0. The van der Waals surface area contributed by atoms with Crippen LogP contribution in [0.1, 0.15) is 18.4 Å². The lowest BCUT2D eigenvalue weighted by Crippen LogP contribution is -2.35. The Kier molecular flexibility index (Phi) is 7.01. The van der Waals surface area contributed by atoms with Gasteiger partial charge in [-0.2, -0.15) is 0 Å².